The number of anilines is 1. The predicted molar refractivity (Wildman–Crippen MR) is 129 cm³/mol. The van der Waals surface area contributed by atoms with Gasteiger partial charge < -0.3 is 14.5 Å². The molecule has 1 aliphatic heterocycles. The van der Waals surface area contributed by atoms with Gasteiger partial charge in [0, 0.05) is 37.3 Å². The summed E-state index contributed by atoms with van der Waals surface area (Å²) in [6.07, 6.45) is 0. The number of thiocarbonyl (C=S) groups is 1. The molecule has 0 aromatic heterocycles. The molecule has 0 aliphatic carbocycles. The van der Waals surface area contributed by atoms with Gasteiger partial charge in [-0.15, -0.1) is 0 Å². The third kappa shape index (κ3) is 5.89. The minimum Gasteiger partial charge on any atom is -0.462 e. The van der Waals surface area contributed by atoms with E-state index in [2.05, 4.69) is 5.32 Å². The smallest absolute Gasteiger partial charge is 0.338 e. The van der Waals surface area contributed by atoms with Crippen molar-refractivity contribution in [2.24, 2.45) is 0 Å². The van der Waals surface area contributed by atoms with Gasteiger partial charge in [-0.2, -0.15) is 0 Å². The van der Waals surface area contributed by atoms with Crippen LogP contribution in [0.15, 0.2) is 36.4 Å². The zero-order valence-electron chi connectivity index (χ0n) is 17.5. The first kappa shape index (κ1) is 24.7. The molecular weight excluding hydrogens is 491 g/mol. The molecule has 0 bridgehead atoms. The fourth-order valence-electron chi connectivity index (χ4n) is 3.34. The van der Waals surface area contributed by atoms with Gasteiger partial charge in [0.25, 0.3) is 11.6 Å². The number of nitro benzene ring substituents is 1. The fourth-order valence-corrected chi connectivity index (χ4v) is 3.99. The second-order valence-corrected chi connectivity index (χ2v) is 8.27. The molecule has 33 heavy (non-hydrogen) atoms. The summed E-state index contributed by atoms with van der Waals surface area (Å²) in [4.78, 5) is 39.2. The van der Waals surface area contributed by atoms with Gasteiger partial charge in [-0.3, -0.25) is 20.2 Å². The van der Waals surface area contributed by atoms with Crippen molar-refractivity contribution in [2.45, 2.75) is 6.92 Å². The van der Waals surface area contributed by atoms with Gasteiger partial charge in [0.1, 0.15) is 5.69 Å². The van der Waals surface area contributed by atoms with E-state index < -0.39 is 16.8 Å². The van der Waals surface area contributed by atoms with E-state index in [4.69, 9.17) is 40.2 Å². The number of nitro groups is 1. The molecule has 0 unspecified atom stereocenters. The van der Waals surface area contributed by atoms with Crippen molar-refractivity contribution >= 4 is 63.8 Å². The van der Waals surface area contributed by atoms with E-state index in [0.29, 0.717) is 36.9 Å². The SMILES string of the molecule is CCOC(=O)c1ccc(N2CCN(C(=S)NC(=O)c3cc(Cl)ccc3Cl)CC2)c([N+](=O)[O-])c1. The number of benzene rings is 2. The normalized spacial score (nSPS) is 13.4. The Morgan fingerprint density at radius 3 is 2.48 bits per heavy atom. The van der Waals surface area contributed by atoms with Crippen LogP contribution in [0.5, 0.6) is 0 Å². The average molecular weight is 511 g/mol. The minimum absolute atomic E-state index is 0.120. The van der Waals surface area contributed by atoms with Crippen LogP contribution in [0.4, 0.5) is 11.4 Å². The highest BCUT2D eigenvalue weighted by Crippen LogP contribution is 2.30. The van der Waals surface area contributed by atoms with Gasteiger partial charge >= 0.3 is 5.97 Å². The maximum Gasteiger partial charge on any atom is 0.338 e. The summed E-state index contributed by atoms with van der Waals surface area (Å²) in [6.45, 7) is 3.55. The number of amides is 1. The van der Waals surface area contributed by atoms with Gasteiger partial charge in [0.05, 0.1) is 27.7 Å². The summed E-state index contributed by atoms with van der Waals surface area (Å²) in [5.41, 5.74) is 0.547. The van der Waals surface area contributed by atoms with Gasteiger partial charge in [0.2, 0.25) is 0 Å². The van der Waals surface area contributed by atoms with Crippen molar-refractivity contribution in [3.05, 3.63) is 67.7 Å². The molecule has 2 aromatic carbocycles. The van der Waals surface area contributed by atoms with Crippen LogP contribution in [0.2, 0.25) is 10.0 Å². The number of nitrogens with zero attached hydrogens (tertiary/aromatic N) is 3. The maximum absolute atomic E-state index is 12.5. The van der Waals surface area contributed by atoms with Crippen LogP contribution >= 0.6 is 35.4 Å². The molecule has 1 heterocycles. The zero-order valence-corrected chi connectivity index (χ0v) is 19.9. The van der Waals surface area contributed by atoms with Crippen LogP contribution in [0.3, 0.4) is 0 Å². The summed E-state index contributed by atoms with van der Waals surface area (Å²) in [5.74, 6) is -1.09. The summed E-state index contributed by atoms with van der Waals surface area (Å²) < 4.78 is 4.92. The third-order valence-electron chi connectivity index (χ3n) is 4.98. The van der Waals surface area contributed by atoms with Gasteiger partial charge in [0.15, 0.2) is 5.11 Å². The largest absolute Gasteiger partial charge is 0.462 e. The highest BCUT2D eigenvalue weighted by Gasteiger charge is 2.27. The Morgan fingerprint density at radius 1 is 1.15 bits per heavy atom. The lowest BCUT2D eigenvalue weighted by Gasteiger charge is -2.37. The average Bonchev–Trinajstić information content (AvgIpc) is 2.80. The lowest BCUT2D eigenvalue weighted by molar-refractivity contribution is -0.384. The molecule has 1 amide bonds. The molecule has 9 nitrogen and oxygen atoms in total. The Bertz CT molecular complexity index is 1110. The number of carbonyl (C=O) groups excluding carboxylic acids is 2. The molecule has 12 heteroatoms. The van der Waals surface area contributed by atoms with Crippen molar-refractivity contribution in [1.82, 2.24) is 10.2 Å². The summed E-state index contributed by atoms with van der Waals surface area (Å²) in [7, 11) is 0. The van der Waals surface area contributed by atoms with Crippen molar-refractivity contribution in [2.75, 3.05) is 37.7 Å². The maximum atomic E-state index is 12.5. The van der Waals surface area contributed by atoms with Crippen LogP contribution in [0.25, 0.3) is 0 Å². The van der Waals surface area contributed by atoms with Crippen LogP contribution in [-0.2, 0) is 4.74 Å². The Balaban J connectivity index is 1.66. The summed E-state index contributed by atoms with van der Waals surface area (Å²) >= 11 is 17.4. The standard InChI is InChI=1S/C21H20Cl2N4O5S/c1-2-32-20(29)13-3-6-17(18(11-13)27(30)31)25-7-9-26(10-8-25)21(33)24-19(28)15-12-14(22)4-5-16(15)23/h3-6,11-12H,2,7-10H2,1H3,(H,24,28,33). The summed E-state index contributed by atoms with van der Waals surface area (Å²) in [5, 5.41) is 15.1. The lowest BCUT2D eigenvalue weighted by Crippen LogP contribution is -2.52. The number of halogens is 2. The third-order valence-corrected chi connectivity index (χ3v) is 5.91. The predicted octanol–water partition coefficient (Wildman–Crippen LogP) is 3.92. The number of rotatable bonds is 5. The first-order valence-electron chi connectivity index (χ1n) is 9.97. The molecule has 2 aromatic rings. The van der Waals surface area contributed by atoms with Crippen molar-refractivity contribution in [3.8, 4) is 0 Å². The van der Waals surface area contributed by atoms with Gasteiger partial charge in [-0.25, -0.2) is 4.79 Å². The number of esters is 1. The van der Waals surface area contributed by atoms with Crippen LogP contribution < -0.4 is 10.2 Å². The second-order valence-electron chi connectivity index (χ2n) is 7.04. The number of hydrogen-bond donors (Lipinski definition) is 1. The highest BCUT2D eigenvalue weighted by molar-refractivity contribution is 7.80. The zero-order chi connectivity index (χ0) is 24.1. The second kappa shape index (κ2) is 10.8. The number of carbonyl (C=O) groups is 2. The lowest BCUT2D eigenvalue weighted by atomic mass is 10.1. The molecule has 1 aliphatic rings. The van der Waals surface area contributed by atoms with Crippen LogP contribution in [0, 0.1) is 10.1 Å². The molecule has 0 spiro atoms. The molecule has 1 saturated heterocycles. The molecule has 174 valence electrons. The number of piperazine rings is 1. The van der Waals surface area contributed by atoms with Crippen molar-refractivity contribution in [3.63, 3.8) is 0 Å². The fraction of sp³-hybridized carbons (Fsp3) is 0.286. The van der Waals surface area contributed by atoms with E-state index in [1.54, 1.807) is 24.0 Å². The minimum atomic E-state index is -0.613. The molecule has 0 saturated carbocycles. The van der Waals surface area contributed by atoms with E-state index in [1.165, 1.54) is 24.3 Å². The van der Waals surface area contributed by atoms with E-state index in [0.717, 1.165) is 0 Å². The van der Waals surface area contributed by atoms with Crippen LogP contribution in [0.1, 0.15) is 27.6 Å². The van der Waals surface area contributed by atoms with E-state index in [1.807, 2.05) is 4.90 Å². The molecule has 1 N–H and O–H groups in total. The summed E-state index contributed by atoms with van der Waals surface area (Å²) in [6, 6.07) is 8.84. The molecule has 3 rings (SSSR count). The number of nitrogens with one attached hydrogen (secondary N) is 1. The molecule has 0 radical (unpaired) electrons. The van der Waals surface area contributed by atoms with Gasteiger partial charge in [-0.1, -0.05) is 23.2 Å². The number of ether oxygens (including phenoxy) is 1. The van der Waals surface area contributed by atoms with E-state index in [-0.39, 0.29) is 33.6 Å². The molecule has 0 atom stereocenters. The Morgan fingerprint density at radius 2 is 1.85 bits per heavy atom. The van der Waals surface area contributed by atoms with E-state index >= 15 is 0 Å². The van der Waals surface area contributed by atoms with Gasteiger partial charge in [-0.05, 0) is 49.5 Å². The Kier molecular flexibility index (Phi) is 8.06. The monoisotopic (exact) mass is 510 g/mol. The first-order chi connectivity index (χ1) is 15.7. The Labute approximate surface area is 205 Å². The number of hydrogen-bond acceptors (Lipinski definition) is 7. The topological polar surface area (TPSA) is 105 Å². The molecular formula is C21H20Cl2N4O5S. The van der Waals surface area contributed by atoms with Crippen molar-refractivity contribution < 1.29 is 19.2 Å². The highest BCUT2D eigenvalue weighted by atomic mass is 35.5. The van der Waals surface area contributed by atoms with Crippen LogP contribution in [-0.4, -0.2) is 59.6 Å². The Hall–Kier alpha value is -2.95. The first-order valence-corrected chi connectivity index (χ1v) is 11.1. The van der Waals surface area contributed by atoms with Crippen molar-refractivity contribution in [1.29, 1.82) is 0 Å². The van der Waals surface area contributed by atoms with E-state index in [9.17, 15) is 19.7 Å². The molecule has 1 fully saturated rings. The quantitative estimate of drug-likeness (QED) is 0.279.